The van der Waals surface area contributed by atoms with Crippen LogP contribution >= 0.6 is 11.8 Å². The van der Waals surface area contributed by atoms with Crippen molar-refractivity contribution in [3.63, 3.8) is 0 Å². The Kier molecular flexibility index (Phi) is 6.12. The summed E-state index contributed by atoms with van der Waals surface area (Å²) in [6.07, 6.45) is 2.44. The van der Waals surface area contributed by atoms with Gasteiger partial charge >= 0.3 is 0 Å². The summed E-state index contributed by atoms with van der Waals surface area (Å²) in [5, 5.41) is 0.590. The monoisotopic (exact) mass is 410 g/mol. The molecule has 0 aliphatic carbocycles. The molecule has 8 heteroatoms. The van der Waals surface area contributed by atoms with Gasteiger partial charge in [-0.3, -0.25) is 4.79 Å². The molecule has 0 N–H and O–H groups in total. The molecule has 3 aromatic rings. The molecule has 7 nitrogen and oxygen atoms in total. The summed E-state index contributed by atoms with van der Waals surface area (Å²) >= 11 is 1.34. The molecule has 0 amide bonds. The predicted molar refractivity (Wildman–Crippen MR) is 111 cm³/mol. The number of aromatic nitrogens is 2. The number of hydrogen-bond donors (Lipinski definition) is 0. The van der Waals surface area contributed by atoms with E-state index in [0.29, 0.717) is 29.8 Å². The second-order valence-electron chi connectivity index (χ2n) is 6.78. The minimum absolute atomic E-state index is 0.286. The number of carbonyl (C=O) groups is 1. The number of anilines is 1. The van der Waals surface area contributed by atoms with Crippen LogP contribution in [0.3, 0.4) is 0 Å². The van der Waals surface area contributed by atoms with E-state index in [1.54, 1.807) is 18.3 Å². The molecule has 3 heterocycles. The number of nitrogens with zero attached hydrogens (tertiary/aromatic N) is 4. The van der Waals surface area contributed by atoms with E-state index in [0.717, 1.165) is 36.6 Å². The maximum atomic E-state index is 10.9. The third-order valence-corrected chi connectivity index (χ3v) is 5.56. The van der Waals surface area contributed by atoms with Gasteiger partial charge in [0.05, 0.1) is 11.1 Å². The number of hydrogen-bond acceptors (Lipinski definition) is 8. The zero-order chi connectivity index (χ0) is 20.1. The summed E-state index contributed by atoms with van der Waals surface area (Å²) in [7, 11) is 2.11. The Morgan fingerprint density at radius 3 is 2.66 bits per heavy atom. The van der Waals surface area contributed by atoms with E-state index in [9.17, 15) is 4.79 Å². The first-order valence-electron chi connectivity index (χ1n) is 9.41. The number of benzene rings is 1. The first-order chi connectivity index (χ1) is 14.2. The summed E-state index contributed by atoms with van der Waals surface area (Å²) in [5.41, 5.74) is 1.06. The van der Waals surface area contributed by atoms with Crippen LogP contribution in [0.2, 0.25) is 0 Å². The van der Waals surface area contributed by atoms with Crippen LogP contribution in [0.1, 0.15) is 16.1 Å². The Morgan fingerprint density at radius 1 is 1.14 bits per heavy atom. The zero-order valence-corrected chi connectivity index (χ0v) is 17.0. The van der Waals surface area contributed by atoms with Gasteiger partial charge < -0.3 is 19.0 Å². The second-order valence-corrected chi connectivity index (χ2v) is 7.83. The summed E-state index contributed by atoms with van der Waals surface area (Å²) in [5.74, 6) is 1.46. The zero-order valence-electron chi connectivity index (χ0n) is 16.2. The van der Waals surface area contributed by atoms with Gasteiger partial charge in [0, 0.05) is 26.2 Å². The minimum atomic E-state index is 0.286. The molecule has 0 saturated carbocycles. The number of furan rings is 1. The molecule has 29 heavy (non-hydrogen) atoms. The van der Waals surface area contributed by atoms with Crippen molar-refractivity contribution in [2.75, 3.05) is 38.1 Å². The smallest absolute Gasteiger partial charge is 0.233 e. The van der Waals surface area contributed by atoms with E-state index < -0.39 is 0 Å². The van der Waals surface area contributed by atoms with E-state index >= 15 is 0 Å². The average molecular weight is 410 g/mol. The molecule has 1 aliphatic heterocycles. The fraction of sp³-hybridized carbons (Fsp3) is 0.286. The fourth-order valence-electron chi connectivity index (χ4n) is 2.97. The van der Waals surface area contributed by atoms with Crippen LogP contribution in [-0.2, 0) is 6.61 Å². The lowest BCUT2D eigenvalue weighted by Gasteiger charge is -2.32. The lowest BCUT2D eigenvalue weighted by Crippen LogP contribution is -2.45. The van der Waals surface area contributed by atoms with E-state index in [1.165, 1.54) is 11.8 Å². The van der Waals surface area contributed by atoms with Crippen LogP contribution in [-0.4, -0.2) is 54.4 Å². The third-order valence-electron chi connectivity index (χ3n) is 4.64. The molecule has 1 aromatic carbocycles. The van der Waals surface area contributed by atoms with Crippen LogP contribution < -0.4 is 9.64 Å². The summed E-state index contributed by atoms with van der Waals surface area (Å²) in [6, 6.07) is 13.4. The van der Waals surface area contributed by atoms with Gasteiger partial charge in [-0.1, -0.05) is 30.3 Å². The fourth-order valence-corrected chi connectivity index (χ4v) is 3.75. The van der Waals surface area contributed by atoms with Gasteiger partial charge in [0.25, 0.3) is 0 Å². The summed E-state index contributed by atoms with van der Waals surface area (Å²) < 4.78 is 11.5. The van der Waals surface area contributed by atoms with Crippen LogP contribution in [0, 0.1) is 0 Å². The first kappa shape index (κ1) is 19.5. The molecule has 0 unspecified atom stereocenters. The van der Waals surface area contributed by atoms with E-state index in [-0.39, 0.29) is 5.76 Å². The Hall–Kier alpha value is -2.84. The van der Waals surface area contributed by atoms with Crippen molar-refractivity contribution in [3.05, 3.63) is 60.0 Å². The van der Waals surface area contributed by atoms with E-state index in [4.69, 9.17) is 14.1 Å². The van der Waals surface area contributed by atoms with Crippen LogP contribution in [0.25, 0.3) is 0 Å². The van der Waals surface area contributed by atoms with Gasteiger partial charge in [-0.05, 0) is 36.5 Å². The van der Waals surface area contributed by atoms with Gasteiger partial charge in [0.15, 0.2) is 17.1 Å². The van der Waals surface area contributed by atoms with Crippen molar-refractivity contribution in [2.24, 2.45) is 0 Å². The van der Waals surface area contributed by atoms with Crippen molar-refractivity contribution in [3.8, 4) is 5.88 Å². The lowest BCUT2D eigenvalue weighted by atomic mass is 10.2. The second kappa shape index (κ2) is 9.11. The number of carbonyl (C=O) groups excluding carboxylic acids is 1. The minimum Gasteiger partial charge on any atom is -0.472 e. The number of ether oxygens (including phenoxy) is 1. The van der Waals surface area contributed by atoms with Gasteiger partial charge in [0.1, 0.15) is 6.61 Å². The highest BCUT2D eigenvalue weighted by atomic mass is 32.2. The van der Waals surface area contributed by atoms with Gasteiger partial charge in [-0.15, -0.1) is 0 Å². The van der Waals surface area contributed by atoms with Crippen molar-refractivity contribution in [1.29, 1.82) is 0 Å². The van der Waals surface area contributed by atoms with Crippen LogP contribution in [0.4, 0.5) is 5.95 Å². The molecular weight excluding hydrogens is 388 g/mol. The quantitative estimate of drug-likeness (QED) is 0.549. The van der Waals surface area contributed by atoms with Crippen molar-refractivity contribution in [1.82, 2.24) is 14.9 Å². The highest BCUT2D eigenvalue weighted by Crippen LogP contribution is 2.35. The number of likely N-dealkylation sites (N-methyl/N-ethyl adjacent to an activating group) is 1. The normalized spacial score (nSPS) is 14.7. The highest BCUT2D eigenvalue weighted by Gasteiger charge is 2.19. The van der Waals surface area contributed by atoms with E-state index in [1.807, 2.05) is 30.3 Å². The summed E-state index contributed by atoms with van der Waals surface area (Å²) in [4.78, 5) is 25.3. The maximum absolute atomic E-state index is 10.9. The van der Waals surface area contributed by atoms with Crippen molar-refractivity contribution < 1.29 is 13.9 Å². The SMILES string of the molecule is CN1CCN(c2ncc(Sc3ccc(C=O)o3)c(OCc3ccccc3)n2)CC1. The van der Waals surface area contributed by atoms with Crippen molar-refractivity contribution in [2.45, 2.75) is 16.6 Å². The lowest BCUT2D eigenvalue weighted by molar-refractivity contribution is 0.109. The molecule has 0 radical (unpaired) electrons. The van der Waals surface area contributed by atoms with Gasteiger partial charge in [-0.25, -0.2) is 4.98 Å². The van der Waals surface area contributed by atoms with Crippen LogP contribution in [0.15, 0.2) is 63.1 Å². The van der Waals surface area contributed by atoms with Gasteiger partial charge in [-0.2, -0.15) is 4.98 Å². The molecule has 0 bridgehead atoms. The average Bonchev–Trinajstić information content (AvgIpc) is 3.22. The topological polar surface area (TPSA) is 71.7 Å². The molecule has 1 aliphatic rings. The van der Waals surface area contributed by atoms with Crippen LogP contribution in [0.5, 0.6) is 5.88 Å². The Bertz CT molecular complexity index is 956. The molecule has 0 atom stereocenters. The molecule has 2 aromatic heterocycles. The number of piperazine rings is 1. The molecule has 1 saturated heterocycles. The third kappa shape index (κ3) is 4.96. The molecular formula is C21H22N4O3S. The standard InChI is InChI=1S/C21H22N4O3S/c1-24-9-11-25(12-10-24)21-22-13-18(29-19-8-7-17(14-26)28-19)20(23-21)27-15-16-5-3-2-4-6-16/h2-8,13-14H,9-12,15H2,1H3. The highest BCUT2D eigenvalue weighted by molar-refractivity contribution is 7.99. The molecule has 150 valence electrons. The predicted octanol–water partition coefficient (Wildman–Crippen LogP) is 3.36. The largest absolute Gasteiger partial charge is 0.472 e. The Balaban J connectivity index is 1.57. The number of aldehydes is 1. The van der Waals surface area contributed by atoms with Gasteiger partial charge in [0.2, 0.25) is 11.8 Å². The maximum Gasteiger partial charge on any atom is 0.233 e. The molecule has 0 spiro atoms. The molecule has 4 rings (SSSR count). The molecule has 1 fully saturated rings. The van der Waals surface area contributed by atoms with E-state index in [2.05, 4.69) is 21.8 Å². The van der Waals surface area contributed by atoms with Crippen molar-refractivity contribution >= 4 is 24.0 Å². The Morgan fingerprint density at radius 2 is 1.93 bits per heavy atom. The first-order valence-corrected chi connectivity index (χ1v) is 10.2. The summed E-state index contributed by atoms with van der Waals surface area (Å²) in [6.45, 7) is 4.11. The number of rotatable bonds is 7. The Labute approximate surface area is 173 Å².